The number of aliphatic hydroxyl groups excluding tert-OH is 8. The van der Waals surface area contributed by atoms with Gasteiger partial charge in [0.15, 0.2) is 0 Å². The molecule has 14 nitrogen and oxygen atoms in total. The van der Waals surface area contributed by atoms with Crippen molar-refractivity contribution in [2.24, 2.45) is 0 Å². The third-order valence-corrected chi connectivity index (χ3v) is 10.4. The van der Waals surface area contributed by atoms with Crippen LogP contribution in [0.4, 0.5) is 0 Å². The quantitative estimate of drug-likeness (QED) is 0.0313. The largest absolute Gasteiger partial charge is 0.490 e. The first-order valence-electron chi connectivity index (χ1n) is 21.7. The first kappa shape index (κ1) is 50.1. The predicted octanol–water partition coefficient (Wildman–Crippen LogP) is 5.68. The predicted molar refractivity (Wildman–Crippen MR) is 249 cm³/mol. The molecule has 0 saturated carbocycles. The zero-order valence-corrected chi connectivity index (χ0v) is 37.1. The fourth-order valence-electron chi connectivity index (χ4n) is 7.18. The summed E-state index contributed by atoms with van der Waals surface area (Å²) in [6.45, 7) is -0.533. The van der Waals surface area contributed by atoms with E-state index in [1.807, 2.05) is 54.6 Å². The second-order valence-corrected chi connectivity index (χ2v) is 15.7. The van der Waals surface area contributed by atoms with Crippen molar-refractivity contribution >= 4 is 0 Å². The van der Waals surface area contributed by atoms with Gasteiger partial charge in [0.2, 0.25) is 0 Å². The summed E-state index contributed by atoms with van der Waals surface area (Å²) in [6, 6.07) is 26.7. The van der Waals surface area contributed by atoms with Crippen molar-refractivity contribution in [2.75, 3.05) is 26.4 Å². The van der Waals surface area contributed by atoms with Crippen molar-refractivity contribution in [3.05, 3.63) is 194 Å². The van der Waals surface area contributed by atoms with Gasteiger partial charge < -0.3 is 69.3 Å². The molecule has 354 valence electrons. The van der Waals surface area contributed by atoms with Gasteiger partial charge in [-0.05, 0) is 158 Å². The summed E-state index contributed by atoms with van der Waals surface area (Å²) in [5.74, 6) is 2.57. The normalized spacial score (nSPS) is 13.6. The van der Waals surface area contributed by atoms with Gasteiger partial charge in [0, 0.05) is 0 Å². The van der Waals surface area contributed by atoms with Crippen molar-refractivity contribution in [3.63, 3.8) is 0 Å². The van der Waals surface area contributed by atoms with Gasteiger partial charge >= 0.3 is 0 Å². The minimum Gasteiger partial charge on any atom is -0.490 e. The van der Waals surface area contributed by atoms with Crippen LogP contribution in [0.5, 0.6) is 28.7 Å². The molecule has 0 saturated heterocycles. The van der Waals surface area contributed by atoms with Crippen molar-refractivity contribution in [3.8, 4) is 28.7 Å². The Morgan fingerprint density at radius 1 is 0.343 bits per heavy atom. The highest BCUT2D eigenvalue weighted by Gasteiger charge is 2.12. The third kappa shape index (κ3) is 15.9. The molecule has 1 aliphatic rings. The Morgan fingerprint density at radius 2 is 0.657 bits per heavy atom. The SMILES string of the molecule is OCC1=CC(CO)=CC(OCc2cc(COc3cc(CO)cc(CO)c3)cc(OC/C=C\COc3cc(COc4cc(CO)cc(CO)c4)cc(COc4cc(CO)cc(CO)c4)c3)c2)C=C1. The molecule has 14 heteroatoms. The fraction of sp³-hybridized carbons (Fsp3) is 0.283. The molecule has 0 aromatic heterocycles. The van der Waals surface area contributed by atoms with E-state index in [4.69, 9.17) is 28.4 Å². The van der Waals surface area contributed by atoms with Gasteiger partial charge in [-0.15, -0.1) is 0 Å². The number of rotatable bonds is 26. The molecule has 67 heavy (non-hydrogen) atoms. The van der Waals surface area contributed by atoms with Gasteiger partial charge in [-0.25, -0.2) is 0 Å². The first-order valence-corrected chi connectivity index (χ1v) is 21.7. The van der Waals surface area contributed by atoms with E-state index in [0.29, 0.717) is 73.3 Å². The maximum Gasteiger partial charge on any atom is 0.120 e. The van der Waals surface area contributed by atoms with Crippen LogP contribution in [0.2, 0.25) is 0 Å². The van der Waals surface area contributed by atoms with Gasteiger partial charge in [0.05, 0.1) is 65.6 Å². The van der Waals surface area contributed by atoms with Crippen LogP contribution < -0.4 is 23.7 Å². The molecule has 1 unspecified atom stereocenters. The number of hydrogen-bond acceptors (Lipinski definition) is 14. The van der Waals surface area contributed by atoms with E-state index in [0.717, 1.165) is 22.3 Å². The van der Waals surface area contributed by atoms with Crippen LogP contribution in [-0.4, -0.2) is 73.4 Å². The van der Waals surface area contributed by atoms with Crippen molar-refractivity contribution < 1.29 is 69.3 Å². The van der Waals surface area contributed by atoms with Gasteiger partial charge in [-0.1, -0.05) is 36.4 Å². The monoisotopic (exact) mass is 918 g/mol. The summed E-state index contributed by atoms with van der Waals surface area (Å²) in [6.07, 6.45) is 10.3. The lowest BCUT2D eigenvalue weighted by atomic mass is 10.1. The second-order valence-electron chi connectivity index (χ2n) is 15.7. The van der Waals surface area contributed by atoms with Crippen LogP contribution in [0, 0.1) is 0 Å². The third-order valence-electron chi connectivity index (χ3n) is 10.4. The van der Waals surface area contributed by atoms with Gasteiger partial charge in [0.1, 0.15) is 61.8 Å². The van der Waals surface area contributed by atoms with E-state index in [9.17, 15) is 40.9 Å². The van der Waals surface area contributed by atoms with Crippen LogP contribution in [0.1, 0.15) is 55.6 Å². The summed E-state index contributed by atoms with van der Waals surface area (Å²) < 4.78 is 36.8. The zero-order chi connectivity index (χ0) is 47.4. The number of ether oxygens (including phenoxy) is 6. The van der Waals surface area contributed by atoms with Crippen LogP contribution in [0.3, 0.4) is 0 Å². The number of aliphatic hydroxyl groups is 8. The average molecular weight is 919 g/mol. The highest BCUT2D eigenvalue weighted by Crippen LogP contribution is 2.27. The molecule has 5 aromatic carbocycles. The Hall–Kier alpha value is -6.30. The van der Waals surface area contributed by atoms with Gasteiger partial charge in [-0.2, -0.15) is 0 Å². The minimum absolute atomic E-state index is 0.151. The van der Waals surface area contributed by atoms with Crippen molar-refractivity contribution in [1.82, 2.24) is 0 Å². The molecular weight excluding hydrogens is 861 g/mol. The Kier molecular flexibility index (Phi) is 19.6. The maximum atomic E-state index is 9.82. The average Bonchev–Trinajstić information content (AvgIpc) is 3.58. The standard InChI is InChI=1S/C53H58O14/c54-24-36-3-4-48(13-37(7-36)25-55)64-32-44-11-45(33-65-51-14-38(26-56)8-39(15-51)27-57)21-49(20-44)62-5-1-2-6-63-50-22-46(34-66-52-16-40(28-58)9-41(17-52)29-59)12-47(23-50)35-67-53-18-42(30-60)10-43(19-53)31-61/h1-4,7-23,48,54-61H,5-6,24-35H2/b2-1-. The molecule has 0 fully saturated rings. The Balaban J connectivity index is 1.13. The summed E-state index contributed by atoms with van der Waals surface area (Å²) in [5.41, 5.74) is 8.08. The molecule has 0 spiro atoms. The summed E-state index contributed by atoms with van der Waals surface area (Å²) in [4.78, 5) is 0. The summed E-state index contributed by atoms with van der Waals surface area (Å²) >= 11 is 0. The summed E-state index contributed by atoms with van der Waals surface area (Å²) in [7, 11) is 0. The molecule has 0 bridgehead atoms. The molecule has 0 amide bonds. The lowest BCUT2D eigenvalue weighted by Gasteiger charge is -2.15. The second kappa shape index (κ2) is 26.1. The lowest BCUT2D eigenvalue weighted by Crippen LogP contribution is -2.08. The highest BCUT2D eigenvalue weighted by molar-refractivity contribution is 5.40. The van der Waals surface area contributed by atoms with E-state index in [2.05, 4.69) is 0 Å². The van der Waals surface area contributed by atoms with Crippen LogP contribution in [0.15, 0.2) is 139 Å². The topological polar surface area (TPSA) is 217 Å². The molecular formula is C53H58O14. The lowest BCUT2D eigenvalue weighted by molar-refractivity contribution is 0.101. The molecule has 1 aliphatic carbocycles. The van der Waals surface area contributed by atoms with E-state index in [1.54, 1.807) is 72.8 Å². The molecule has 1 atom stereocenters. The maximum absolute atomic E-state index is 9.82. The first-order chi connectivity index (χ1) is 32.7. The van der Waals surface area contributed by atoms with Crippen molar-refractivity contribution in [2.45, 2.75) is 72.2 Å². The van der Waals surface area contributed by atoms with E-state index >= 15 is 0 Å². The molecule has 0 heterocycles. The van der Waals surface area contributed by atoms with E-state index in [1.165, 1.54) is 0 Å². The Labute approximate surface area is 389 Å². The van der Waals surface area contributed by atoms with Gasteiger partial charge in [0.25, 0.3) is 0 Å². The number of benzene rings is 5. The van der Waals surface area contributed by atoms with Crippen molar-refractivity contribution in [1.29, 1.82) is 0 Å². The zero-order valence-electron chi connectivity index (χ0n) is 37.1. The molecule has 5 aromatic rings. The van der Waals surface area contributed by atoms with Gasteiger partial charge in [-0.3, -0.25) is 0 Å². The Bertz CT molecular complexity index is 2360. The van der Waals surface area contributed by atoms with Crippen LogP contribution >= 0.6 is 0 Å². The summed E-state index contributed by atoms with van der Waals surface area (Å²) in [5, 5.41) is 77.7. The van der Waals surface area contributed by atoms with E-state index in [-0.39, 0.29) is 92.5 Å². The Morgan fingerprint density at radius 3 is 1.00 bits per heavy atom. The number of hydrogen-bond donors (Lipinski definition) is 8. The molecule has 0 radical (unpaired) electrons. The molecule has 6 rings (SSSR count). The molecule has 0 aliphatic heterocycles. The minimum atomic E-state index is -0.461. The van der Waals surface area contributed by atoms with Crippen LogP contribution in [-0.2, 0) is 70.8 Å². The fourth-order valence-corrected chi connectivity index (χ4v) is 7.18. The molecule has 8 N–H and O–H groups in total. The highest BCUT2D eigenvalue weighted by atomic mass is 16.5. The smallest absolute Gasteiger partial charge is 0.120 e. The van der Waals surface area contributed by atoms with E-state index < -0.39 is 6.10 Å². The van der Waals surface area contributed by atoms with Crippen LogP contribution in [0.25, 0.3) is 0 Å².